The lowest BCUT2D eigenvalue weighted by molar-refractivity contribution is 0.573. The van der Waals surface area contributed by atoms with Gasteiger partial charge in [-0.15, -0.1) is 0 Å². The van der Waals surface area contributed by atoms with Crippen LogP contribution in [0.5, 0.6) is 0 Å². The number of nitrogens with zero attached hydrogens (tertiary/aromatic N) is 3. The summed E-state index contributed by atoms with van der Waals surface area (Å²) in [5.74, 6) is 1.26. The molecule has 2 heterocycles. The summed E-state index contributed by atoms with van der Waals surface area (Å²) in [6.07, 6.45) is 13.4. The van der Waals surface area contributed by atoms with E-state index in [0.717, 1.165) is 19.0 Å². The summed E-state index contributed by atoms with van der Waals surface area (Å²) in [7, 11) is 0. The SMILES string of the molecule is c1nc2c(c(N(CC3CCCN3)C3CC3)n1)CCCCC2. The minimum atomic E-state index is 0.655. The molecular formula is C17H26N4. The van der Waals surface area contributed by atoms with Crippen LogP contribution in [0, 0.1) is 0 Å². The van der Waals surface area contributed by atoms with E-state index in [-0.39, 0.29) is 0 Å². The lowest BCUT2D eigenvalue weighted by Gasteiger charge is -2.29. The molecule has 2 fully saturated rings. The Morgan fingerprint density at radius 2 is 1.95 bits per heavy atom. The maximum Gasteiger partial charge on any atom is 0.135 e. The van der Waals surface area contributed by atoms with Crippen LogP contribution in [0.4, 0.5) is 5.82 Å². The number of hydrogen-bond acceptors (Lipinski definition) is 4. The third kappa shape index (κ3) is 2.91. The Bertz CT molecular complexity index is 492. The molecule has 0 radical (unpaired) electrons. The van der Waals surface area contributed by atoms with E-state index >= 15 is 0 Å². The predicted molar refractivity (Wildman–Crippen MR) is 84.7 cm³/mol. The van der Waals surface area contributed by atoms with E-state index in [1.165, 1.54) is 75.0 Å². The molecule has 1 atom stereocenters. The molecule has 4 rings (SSSR count). The molecule has 1 aliphatic heterocycles. The van der Waals surface area contributed by atoms with Crippen LogP contribution >= 0.6 is 0 Å². The molecule has 1 unspecified atom stereocenters. The summed E-state index contributed by atoms with van der Waals surface area (Å²) in [6.45, 7) is 2.32. The Hall–Kier alpha value is -1.16. The van der Waals surface area contributed by atoms with Crippen molar-refractivity contribution in [2.45, 2.75) is 69.9 Å². The molecule has 0 aromatic carbocycles. The first-order valence-corrected chi connectivity index (χ1v) is 8.74. The van der Waals surface area contributed by atoms with E-state index in [2.05, 4.69) is 15.2 Å². The molecule has 1 aromatic rings. The van der Waals surface area contributed by atoms with Gasteiger partial charge in [-0.05, 0) is 57.9 Å². The third-order valence-electron chi connectivity index (χ3n) is 5.19. The van der Waals surface area contributed by atoms with Gasteiger partial charge >= 0.3 is 0 Å². The van der Waals surface area contributed by atoms with Crippen molar-refractivity contribution in [3.63, 3.8) is 0 Å². The molecule has 0 bridgehead atoms. The van der Waals surface area contributed by atoms with Crippen LogP contribution in [0.15, 0.2) is 6.33 Å². The van der Waals surface area contributed by atoms with Gasteiger partial charge in [0.1, 0.15) is 12.1 Å². The Morgan fingerprint density at radius 3 is 2.76 bits per heavy atom. The molecule has 4 heteroatoms. The summed E-state index contributed by atoms with van der Waals surface area (Å²) in [4.78, 5) is 11.9. The van der Waals surface area contributed by atoms with Crippen LogP contribution in [0.25, 0.3) is 0 Å². The summed E-state index contributed by atoms with van der Waals surface area (Å²) in [6, 6.07) is 1.39. The Kier molecular flexibility index (Phi) is 3.80. The molecule has 4 nitrogen and oxygen atoms in total. The average molecular weight is 286 g/mol. The van der Waals surface area contributed by atoms with Gasteiger partial charge in [-0.1, -0.05) is 6.42 Å². The largest absolute Gasteiger partial charge is 0.352 e. The van der Waals surface area contributed by atoms with E-state index in [0.29, 0.717) is 6.04 Å². The second-order valence-corrected chi connectivity index (χ2v) is 6.86. The Labute approximate surface area is 127 Å². The van der Waals surface area contributed by atoms with Gasteiger partial charge in [-0.3, -0.25) is 0 Å². The van der Waals surface area contributed by atoms with Crippen molar-refractivity contribution in [3.8, 4) is 0 Å². The maximum absolute atomic E-state index is 4.72. The van der Waals surface area contributed by atoms with E-state index in [9.17, 15) is 0 Å². The van der Waals surface area contributed by atoms with E-state index in [1.54, 1.807) is 6.33 Å². The zero-order valence-corrected chi connectivity index (χ0v) is 12.9. The molecule has 3 aliphatic rings. The number of hydrogen-bond donors (Lipinski definition) is 1. The minimum absolute atomic E-state index is 0.655. The highest BCUT2D eigenvalue weighted by Crippen LogP contribution is 2.35. The highest BCUT2D eigenvalue weighted by Gasteiger charge is 2.34. The zero-order valence-electron chi connectivity index (χ0n) is 12.9. The number of rotatable bonds is 4. The van der Waals surface area contributed by atoms with E-state index in [4.69, 9.17) is 4.98 Å². The lowest BCUT2D eigenvalue weighted by Crippen LogP contribution is -2.40. The van der Waals surface area contributed by atoms with Crippen molar-refractivity contribution in [1.29, 1.82) is 0 Å². The summed E-state index contributed by atoms with van der Waals surface area (Å²) in [5, 5.41) is 3.65. The molecule has 21 heavy (non-hydrogen) atoms. The second kappa shape index (κ2) is 5.91. The first-order valence-electron chi connectivity index (χ1n) is 8.74. The van der Waals surface area contributed by atoms with Gasteiger partial charge in [0, 0.05) is 29.9 Å². The van der Waals surface area contributed by atoms with Crippen molar-refractivity contribution in [2.24, 2.45) is 0 Å². The van der Waals surface area contributed by atoms with Crippen molar-refractivity contribution >= 4 is 5.82 Å². The second-order valence-electron chi connectivity index (χ2n) is 6.86. The summed E-state index contributed by atoms with van der Waals surface area (Å²) in [5.41, 5.74) is 2.78. The first kappa shape index (κ1) is 13.5. The molecule has 1 saturated carbocycles. The average Bonchev–Trinajstić information content (AvgIpc) is 3.27. The fourth-order valence-corrected chi connectivity index (χ4v) is 3.87. The van der Waals surface area contributed by atoms with Crippen molar-refractivity contribution < 1.29 is 0 Å². The highest BCUT2D eigenvalue weighted by molar-refractivity contribution is 5.51. The lowest BCUT2D eigenvalue weighted by atomic mass is 10.1. The van der Waals surface area contributed by atoms with Crippen LogP contribution in [-0.4, -0.2) is 35.1 Å². The number of fused-ring (bicyclic) bond motifs is 1. The van der Waals surface area contributed by atoms with Gasteiger partial charge in [0.15, 0.2) is 0 Å². The molecule has 0 spiro atoms. The third-order valence-corrected chi connectivity index (χ3v) is 5.19. The van der Waals surface area contributed by atoms with Gasteiger partial charge in [0.2, 0.25) is 0 Å². The number of nitrogens with one attached hydrogen (secondary N) is 1. The predicted octanol–water partition coefficient (Wildman–Crippen LogP) is 2.47. The number of aromatic nitrogens is 2. The molecule has 1 N–H and O–H groups in total. The van der Waals surface area contributed by atoms with Crippen molar-refractivity contribution in [2.75, 3.05) is 18.0 Å². The van der Waals surface area contributed by atoms with Crippen LogP contribution in [0.2, 0.25) is 0 Å². The molecule has 1 saturated heterocycles. The zero-order chi connectivity index (χ0) is 14.1. The molecule has 1 aromatic heterocycles. The molecule has 114 valence electrons. The fourth-order valence-electron chi connectivity index (χ4n) is 3.87. The summed E-state index contributed by atoms with van der Waals surface area (Å²) >= 11 is 0. The summed E-state index contributed by atoms with van der Waals surface area (Å²) < 4.78 is 0. The van der Waals surface area contributed by atoms with Gasteiger partial charge < -0.3 is 10.2 Å². The van der Waals surface area contributed by atoms with Crippen molar-refractivity contribution in [3.05, 3.63) is 17.6 Å². The van der Waals surface area contributed by atoms with Gasteiger partial charge in [0.25, 0.3) is 0 Å². The van der Waals surface area contributed by atoms with Crippen molar-refractivity contribution in [1.82, 2.24) is 15.3 Å². The highest BCUT2D eigenvalue weighted by atomic mass is 15.3. The molecule has 2 aliphatic carbocycles. The Morgan fingerprint density at radius 1 is 1.05 bits per heavy atom. The van der Waals surface area contributed by atoms with Crippen LogP contribution in [-0.2, 0) is 12.8 Å². The van der Waals surface area contributed by atoms with E-state index in [1.807, 2.05) is 0 Å². The van der Waals surface area contributed by atoms with E-state index < -0.39 is 0 Å². The van der Waals surface area contributed by atoms with Crippen LogP contribution in [0.1, 0.15) is 56.2 Å². The fraction of sp³-hybridized carbons (Fsp3) is 0.765. The topological polar surface area (TPSA) is 41.1 Å². The first-order chi connectivity index (χ1) is 10.4. The van der Waals surface area contributed by atoms with Crippen LogP contribution in [0.3, 0.4) is 0 Å². The van der Waals surface area contributed by atoms with Gasteiger partial charge in [0.05, 0.1) is 0 Å². The standard InChI is InChI=1S/C17H26N4/c1-2-6-15-16(7-3-1)19-12-20-17(15)21(14-8-9-14)11-13-5-4-10-18-13/h12-14,18H,1-11H2. The molecule has 0 amide bonds. The Balaban J connectivity index is 1.62. The quantitative estimate of drug-likeness (QED) is 0.863. The normalized spacial score (nSPS) is 25.4. The number of anilines is 1. The van der Waals surface area contributed by atoms with Gasteiger partial charge in [-0.2, -0.15) is 0 Å². The monoisotopic (exact) mass is 286 g/mol. The van der Waals surface area contributed by atoms with Gasteiger partial charge in [-0.25, -0.2) is 9.97 Å². The smallest absolute Gasteiger partial charge is 0.135 e. The number of aryl methyl sites for hydroxylation is 1. The molecular weight excluding hydrogens is 260 g/mol. The van der Waals surface area contributed by atoms with Crippen LogP contribution < -0.4 is 10.2 Å². The minimum Gasteiger partial charge on any atom is -0.352 e. The maximum atomic E-state index is 4.72.